The van der Waals surface area contributed by atoms with Gasteiger partial charge in [-0.3, -0.25) is 4.79 Å². The quantitative estimate of drug-likeness (QED) is 0.492. The minimum atomic E-state index is -1.85. The maximum absolute atomic E-state index is 15.4. The number of alkyl halides is 1. The second-order valence-corrected chi connectivity index (χ2v) is 11.1. The molecule has 3 aliphatic rings. The van der Waals surface area contributed by atoms with Gasteiger partial charge in [-0.2, -0.15) is 0 Å². The number of hydrogen-bond acceptors (Lipinski definition) is 4. The summed E-state index contributed by atoms with van der Waals surface area (Å²) in [5.41, 5.74) is 0.987. The van der Waals surface area contributed by atoms with Crippen LogP contribution in [0.5, 0.6) is 5.75 Å². The third-order valence-electron chi connectivity index (χ3n) is 8.19. The monoisotopic (exact) mass is 494 g/mol. The van der Waals surface area contributed by atoms with E-state index in [1.54, 1.807) is 18.2 Å². The second-order valence-electron chi connectivity index (χ2n) is 11.1. The number of carbonyl (C=O) groups excluding carboxylic acids is 1. The van der Waals surface area contributed by atoms with E-state index in [1.807, 2.05) is 18.2 Å². The average Bonchev–Trinajstić information content (AvgIpc) is 3.44. The zero-order valence-electron chi connectivity index (χ0n) is 21.0. The van der Waals surface area contributed by atoms with Crippen molar-refractivity contribution >= 4 is 11.9 Å². The van der Waals surface area contributed by atoms with Gasteiger partial charge in [0, 0.05) is 36.5 Å². The predicted molar refractivity (Wildman–Crippen MR) is 136 cm³/mol. The Morgan fingerprint density at radius 3 is 2.58 bits per heavy atom. The normalized spacial score (nSPS) is 26.7. The van der Waals surface area contributed by atoms with Crippen LogP contribution in [0.25, 0.3) is 11.1 Å². The molecular weight excluding hydrogens is 459 g/mol. The van der Waals surface area contributed by atoms with Gasteiger partial charge >= 0.3 is 5.97 Å². The summed E-state index contributed by atoms with van der Waals surface area (Å²) in [5, 5.41) is 15.8. The highest BCUT2D eigenvalue weighted by Gasteiger charge is 2.55. The molecule has 36 heavy (non-hydrogen) atoms. The number of rotatable bonds is 7. The van der Waals surface area contributed by atoms with Crippen LogP contribution in [0.2, 0.25) is 0 Å². The molecule has 1 heterocycles. The first-order valence-corrected chi connectivity index (χ1v) is 13.1. The van der Waals surface area contributed by atoms with Crippen LogP contribution in [-0.2, 0) is 4.79 Å². The fourth-order valence-electron chi connectivity index (χ4n) is 6.00. The number of hydrogen-bond donors (Lipinski definition) is 3. The first-order valence-electron chi connectivity index (χ1n) is 13.1. The molecule has 2 aliphatic carbocycles. The van der Waals surface area contributed by atoms with Crippen molar-refractivity contribution < 1.29 is 23.8 Å². The van der Waals surface area contributed by atoms with Gasteiger partial charge in [-0.1, -0.05) is 38.1 Å². The highest BCUT2D eigenvalue weighted by atomic mass is 19.1. The van der Waals surface area contributed by atoms with Crippen LogP contribution >= 0.6 is 0 Å². The summed E-state index contributed by atoms with van der Waals surface area (Å²) in [4.78, 5) is 24.5. The molecule has 1 spiro atoms. The minimum absolute atomic E-state index is 0.0834. The van der Waals surface area contributed by atoms with E-state index in [4.69, 9.17) is 4.74 Å². The molecule has 3 atom stereocenters. The number of carbonyl (C=O) groups is 2. The summed E-state index contributed by atoms with van der Waals surface area (Å²) < 4.78 is 21.8. The minimum Gasteiger partial charge on any atom is -0.490 e. The van der Waals surface area contributed by atoms with Crippen LogP contribution in [0.1, 0.15) is 80.6 Å². The molecule has 2 aromatic rings. The molecule has 6 nitrogen and oxygen atoms in total. The molecule has 192 valence electrons. The zero-order valence-corrected chi connectivity index (χ0v) is 21.0. The number of nitrogens with one attached hydrogen (secondary N) is 2. The van der Waals surface area contributed by atoms with Gasteiger partial charge in [-0.05, 0) is 67.3 Å². The van der Waals surface area contributed by atoms with Crippen molar-refractivity contribution in [3.05, 3.63) is 53.6 Å². The number of aromatic carboxylic acids is 1. The van der Waals surface area contributed by atoms with Gasteiger partial charge in [0.1, 0.15) is 11.9 Å². The van der Waals surface area contributed by atoms with Crippen molar-refractivity contribution in [2.24, 2.45) is 0 Å². The number of amides is 1. The summed E-state index contributed by atoms with van der Waals surface area (Å²) in [6.45, 7) is 4.30. The van der Waals surface area contributed by atoms with Gasteiger partial charge in [-0.25, -0.2) is 9.18 Å². The van der Waals surface area contributed by atoms with E-state index in [9.17, 15) is 14.7 Å². The largest absolute Gasteiger partial charge is 0.490 e. The molecule has 7 heteroatoms. The molecule has 1 saturated heterocycles. The Morgan fingerprint density at radius 2 is 1.92 bits per heavy atom. The van der Waals surface area contributed by atoms with Crippen LogP contribution in [0.3, 0.4) is 0 Å². The van der Waals surface area contributed by atoms with Crippen molar-refractivity contribution in [1.82, 2.24) is 10.6 Å². The lowest BCUT2D eigenvalue weighted by Crippen LogP contribution is -2.49. The van der Waals surface area contributed by atoms with E-state index >= 15 is 4.39 Å². The topological polar surface area (TPSA) is 87.7 Å². The lowest BCUT2D eigenvalue weighted by atomic mass is 9.74. The average molecular weight is 495 g/mol. The molecule has 0 aromatic heterocycles. The summed E-state index contributed by atoms with van der Waals surface area (Å²) in [7, 11) is 0. The molecule has 0 radical (unpaired) electrons. The number of ether oxygens (including phenoxy) is 1. The number of carboxylic acid groups (broad SMARTS) is 1. The highest BCUT2D eigenvalue weighted by molar-refractivity contribution is 5.91. The number of halogens is 1. The lowest BCUT2D eigenvalue weighted by molar-refractivity contribution is -0.133. The van der Waals surface area contributed by atoms with Crippen molar-refractivity contribution in [2.75, 3.05) is 6.54 Å². The van der Waals surface area contributed by atoms with Crippen molar-refractivity contribution in [2.45, 2.75) is 88.1 Å². The third kappa shape index (κ3) is 4.73. The molecule has 2 aromatic carbocycles. The Hall–Kier alpha value is -2.93. The van der Waals surface area contributed by atoms with Gasteiger partial charge < -0.3 is 20.5 Å². The van der Waals surface area contributed by atoms with Crippen molar-refractivity contribution in [3.8, 4) is 16.9 Å². The van der Waals surface area contributed by atoms with Gasteiger partial charge in [0.25, 0.3) is 5.91 Å². The maximum Gasteiger partial charge on any atom is 0.335 e. The van der Waals surface area contributed by atoms with Crippen LogP contribution < -0.4 is 15.4 Å². The highest BCUT2D eigenvalue weighted by Crippen LogP contribution is 2.44. The molecule has 2 saturated carbocycles. The Labute approximate surface area is 211 Å². The van der Waals surface area contributed by atoms with E-state index in [0.29, 0.717) is 12.2 Å². The van der Waals surface area contributed by atoms with Gasteiger partial charge in [0.2, 0.25) is 5.67 Å². The van der Waals surface area contributed by atoms with E-state index in [-0.39, 0.29) is 42.1 Å². The first kappa shape index (κ1) is 24.8. The Bertz CT molecular complexity index is 1160. The molecule has 5 rings (SSSR count). The second kappa shape index (κ2) is 9.51. The summed E-state index contributed by atoms with van der Waals surface area (Å²) in [6.07, 6.45) is 5.12. The van der Waals surface area contributed by atoms with Gasteiger partial charge in [-0.15, -0.1) is 0 Å². The first-order chi connectivity index (χ1) is 17.2. The predicted octanol–water partition coefficient (Wildman–Crippen LogP) is 5.22. The van der Waals surface area contributed by atoms with Crippen LogP contribution in [0.4, 0.5) is 4.39 Å². The van der Waals surface area contributed by atoms with Crippen LogP contribution in [0.15, 0.2) is 42.5 Å². The van der Waals surface area contributed by atoms with Crippen molar-refractivity contribution in [1.29, 1.82) is 0 Å². The van der Waals surface area contributed by atoms with Crippen LogP contribution in [0, 0.1) is 0 Å². The van der Waals surface area contributed by atoms with E-state index in [0.717, 1.165) is 48.8 Å². The number of benzene rings is 2. The van der Waals surface area contributed by atoms with Crippen molar-refractivity contribution in [3.63, 3.8) is 0 Å². The molecule has 1 aliphatic heterocycles. The smallest absolute Gasteiger partial charge is 0.335 e. The SMILES string of the molecule is CC(C)c1ccccc1-c1cc(C(=O)O)ccc1O[C@@H]1CC[C@@H](NC(=O)[C@@]2(F)CNC3(CCC3)C2)C1. The van der Waals surface area contributed by atoms with Crippen LogP contribution in [-0.4, -0.2) is 46.9 Å². The molecule has 0 bridgehead atoms. The number of carboxylic acids is 1. The molecule has 3 fully saturated rings. The summed E-state index contributed by atoms with van der Waals surface area (Å²) in [6, 6.07) is 12.8. The molecule has 1 amide bonds. The standard InChI is InChI=1S/C29H35FN2O4/c1-18(2)22-6-3-4-7-23(22)24-14-19(26(33)34)8-11-25(24)36-21-10-9-20(15-21)32-27(35)29(30)16-28(31-17-29)12-5-13-28/h3-4,6-8,11,14,18,20-21,31H,5,9-10,12-13,15-17H2,1-2H3,(H,32,35)(H,33,34)/t20-,21-,29+/m1/s1. The molecule has 3 N–H and O–H groups in total. The van der Waals surface area contributed by atoms with E-state index < -0.39 is 17.5 Å². The molecular formula is C29H35FN2O4. The zero-order chi connectivity index (χ0) is 25.5. The Balaban J connectivity index is 1.29. The fourth-order valence-corrected chi connectivity index (χ4v) is 6.00. The summed E-state index contributed by atoms with van der Waals surface area (Å²) in [5.74, 6) is -0.620. The van der Waals surface area contributed by atoms with Gasteiger partial charge in [0.15, 0.2) is 0 Å². The molecule has 0 unspecified atom stereocenters. The summed E-state index contributed by atoms with van der Waals surface area (Å²) >= 11 is 0. The third-order valence-corrected chi connectivity index (χ3v) is 8.19. The van der Waals surface area contributed by atoms with E-state index in [1.165, 1.54) is 0 Å². The maximum atomic E-state index is 15.4. The van der Waals surface area contributed by atoms with Gasteiger partial charge in [0.05, 0.1) is 5.56 Å². The fraction of sp³-hybridized carbons (Fsp3) is 0.517. The Kier molecular flexibility index (Phi) is 6.54. The lowest BCUT2D eigenvalue weighted by Gasteiger charge is -2.38. The van der Waals surface area contributed by atoms with E-state index in [2.05, 4.69) is 30.5 Å². The Morgan fingerprint density at radius 1 is 1.14 bits per heavy atom.